The molecule has 2 heterocycles. The molecule has 3 rings (SSSR count). The van der Waals surface area contributed by atoms with E-state index < -0.39 is 0 Å². The second-order valence-electron chi connectivity index (χ2n) is 3.70. The van der Waals surface area contributed by atoms with Crippen LogP contribution in [-0.4, -0.2) is 9.97 Å². The molecule has 0 unspecified atom stereocenters. The highest BCUT2D eigenvalue weighted by Gasteiger charge is 2.24. The van der Waals surface area contributed by atoms with Crippen LogP contribution in [0.3, 0.4) is 0 Å². The lowest BCUT2D eigenvalue weighted by Crippen LogP contribution is -2.32. The summed E-state index contributed by atoms with van der Waals surface area (Å²) in [5.74, 6) is 0.474. The Morgan fingerprint density at radius 3 is 2.72 bits per heavy atom. The molecule has 0 bridgehead atoms. The first-order valence-electron chi connectivity index (χ1n) is 5.12. The quantitative estimate of drug-likeness (QED) is 0.613. The highest BCUT2D eigenvalue weighted by Crippen LogP contribution is 2.30. The lowest BCUT2D eigenvalue weighted by Gasteiger charge is -2.16. The zero-order valence-corrected chi connectivity index (χ0v) is 9.82. The first-order valence-corrected chi connectivity index (χ1v) is 5.50. The lowest BCUT2D eigenvalue weighted by molar-refractivity contribution is 0.853. The Bertz CT molecular complexity index is 652. The SMILES string of the molecule is Nc1nc2c(c(=O)[nH]1)NNN2c1ccc(Cl)cc1. The third-order valence-corrected chi connectivity index (χ3v) is 2.76. The van der Waals surface area contributed by atoms with Crippen molar-refractivity contribution in [2.45, 2.75) is 0 Å². The molecule has 0 radical (unpaired) electrons. The van der Waals surface area contributed by atoms with Crippen molar-refractivity contribution in [3.63, 3.8) is 0 Å². The van der Waals surface area contributed by atoms with Crippen molar-refractivity contribution in [2.24, 2.45) is 0 Å². The average Bonchev–Trinajstić information content (AvgIpc) is 2.74. The summed E-state index contributed by atoms with van der Waals surface area (Å²) in [4.78, 5) is 18.1. The van der Waals surface area contributed by atoms with Gasteiger partial charge >= 0.3 is 0 Å². The van der Waals surface area contributed by atoms with Crippen LogP contribution in [0.15, 0.2) is 29.1 Å². The predicted octanol–water partition coefficient (Wildman–Crippen LogP) is 0.989. The van der Waals surface area contributed by atoms with Crippen LogP contribution >= 0.6 is 11.6 Å². The minimum Gasteiger partial charge on any atom is -0.369 e. The zero-order chi connectivity index (χ0) is 12.7. The summed E-state index contributed by atoms with van der Waals surface area (Å²) in [5.41, 5.74) is 11.9. The van der Waals surface area contributed by atoms with E-state index in [1.807, 2.05) is 0 Å². The number of hydrogen-bond acceptors (Lipinski definition) is 6. The second-order valence-corrected chi connectivity index (χ2v) is 4.13. The van der Waals surface area contributed by atoms with Crippen LogP contribution in [0.25, 0.3) is 0 Å². The van der Waals surface area contributed by atoms with Gasteiger partial charge in [-0.1, -0.05) is 11.6 Å². The van der Waals surface area contributed by atoms with Crippen molar-refractivity contribution >= 4 is 34.7 Å². The molecule has 1 aliphatic heterocycles. The number of nitrogens with two attached hydrogens (primary N) is 1. The van der Waals surface area contributed by atoms with Crippen LogP contribution < -0.4 is 27.3 Å². The van der Waals surface area contributed by atoms with Crippen molar-refractivity contribution < 1.29 is 0 Å². The number of hydrogen-bond donors (Lipinski definition) is 4. The fourth-order valence-corrected chi connectivity index (χ4v) is 1.82. The molecule has 0 amide bonds. The van der Waals surface area contributed by atoms with E-state index in [0.717, 1.165) is 5.69 Å². The largest absolute Gasteiger partial charge is 0.369 e. The van der Waals surface area contributed by atoms with Crippen molar-refractivity contribution in [1.29, 1.82) is 0 Å². The molecule has 7 nitrogen and oxygen atoms in total. The molecule has 1 aliphatic rings. The maximum absolute atomic E-state index is 11.6. The molecule has 8 heteroatoms. The van der Waals surface area contributed by atoms with Gasteiger partial charge < -0.3 is 5.73 Å². The maximum Gasteiger partial charge on any atom is 0.279 e. The molecule has 92 valence electrons. The monoisotopic (exact) mass is 264 g/mol. The maximum atomic E-state index is 11.6. The Balaban J connectivity index is 2.10. The van der Waals surface area contributed by atoms with E-state index in [4.69, 9.17) is 17.3 Å². The smallest absolute Gasteiger partial charge is 0.279 e. The van der Waals surface area contributed by atoms with Crippen molar-refractivity contribution in [1.82, 2.24) is 15.5 Å². The third-order valence-electron chi connectivity index (χ3n) is 2.51. The summed E-state index contributed by atoms with van der Waals surface area (Å²) >= 11 is 5.82. The number of nitrogens with one attached hydrogen (secondary N) is 3. The average molecular weight is 265 g/mol. The number of fused-ring (bicyclic) bond motifs is 1. The number of halogens is 1. The van der Waals surface area contributed by atoms with E-state index in [-0.39, 0.29) is 11.5 Å². The molecular weight excluding hydrogens is 256 g/mol. The summed E-state index contributed by atoms with van der Waals surface area (Å²) in [7, 11) is 0. The van der Waals surface area contributed by atoms with Gasteiger partial charge in [-0.3, -0.25) is 15.2 Å². The van der Waals surface area contributed by atoms with Gasteiger partial charge in [0.2, 0.25) is 5.95 Å². The molecule has 2 aromatic rings. The molecule has 1 aromatic heterocycles. The summed E-state index contributed by atoms with van der Waals surface area (Å²) in [6.45, 7) is 0. The molecule has 0 atom stereocenters. The molecule has 0 spiro atoms. The number of rotatable bonds is 1. The summed E-state index contributed by atoms with van der Waals surface area (Å²) < 4.78 is 0. The summed E-state index contributed by atoms with van der Waals surface area (Å²) in [5, 5.41) is 2.24. The minimum atomic E-state index is -0.332. The number of H-pyrrole nitrogens is 1. The van der Waals surface area contributed by atoms with E-state index in [1.54, 1.807) is 29.3 Å². The van der Waals surface area contributed by atoms with Crippen molar-refractivity contribution in [2.75, 3.05) is 16.2 Å². The van der Waals surface area contributed by atoms with E-state index >= 15 is 0 Å². The van der Waals surface area contributed by atoms with E-state index in [2.05, 4.69) is 20.9 Å². The van der Waals surface area contributed by atoms with Gasteiger partial charge in [0.15, 0.2) is 11.5 Å². The zero-order valence-electron chi connectivity index (χ0n) is 9.07. The van der Waals surface area contributed by atoms with Crippen molar-refractivity contribution in [3.05, 3.63) is 39.6 Å². The number of nitrogens with zero attached hydrogens (tertiary/aromatic N) is 2. The molecule has 1 aromatic carbocycles. The Kier molecular flexibility index (Phi) is 2.35. The van der Waals surface area contributed by atoms with Gasteiger partial charge in [-0.05, 0) is 24.3 Å². The molecule has 0 fully saturated rings. The molecule has 5 N–H and O–H groups in total. The number of aromatic nitrogens is 2. The number of anilines is 4. The van der Waals surface area contributed by atoms with Gasteiger partial charge in [0.25, 0.3) is 5.56 Å². The minimum absolute atomic E-state index is 0.0585. The van der Waals surface area contributed by atoms with Gasteiger partial charge in [-0.25, -0.2) is 5.01 Å². The Labute approximate surface area is 107 Å². The van der Waals surface area contributed by atoms with Crippen molar-refractivity contribution in [3.8, 4) is 0 Å². The van der Waals surface area contributed by atoms with Gasteiger partial charge in [0.05, 0.1) is 5.69 Å². The van der Waals surface area contributed by atoms with Gasteiger partial charge in [0.1, 0.15) is 0 Å². The van der Waals surface area contributed by atoms with Crippen LogP contribution in [-0.2, 0) is 0 Å². The van der Waals surface area contributed by atoms with Crippen LogP contribution in [0, 0.1) is 0 Å². The molecule has 0 saturated carbocycles. The molecule has 0 saturated heterocycles. The van der Waals surface area contributed by atoms with Crippen LogP contribution in [0.5, 0.6) is 0 Å². The lowest BCUT2D eigenvalue weighted by atomic mass is 10.3. The van der Waals surface area contributed by atoms with Crippen LogP contribution in [0.1, 0.15) is 0 Å². The van der Waals surface area contributed by atoms with E-state index in [9.17, 15) is 4.79 Å². The predicted molar refractivity (Wildman–Crippen MR) is 69.6 cm³/mol. The summed E-state index contributed by atoms with van der Waals surface area (Å²) in [6.07, 6.45) is 0. The van der Waals surface area contributed by atoms with E-state index in [0.29, 0.717) is 16.5 Å². The van der Waals surface area contributed by atoms with E-state index in [1.165, 1.54) is 0 Å². The first kappa shape index (κ1) is 10.9. The normalized spacial score (nSPS) is 13.3. The topological polar surface area (TPSA) is 99.1 Å². The van der Waals surface area contributed by atoms with Gasteiger partial charge in [0, 0.05) is 5.02 Å². The standard InChI is InChI=1S/C10H9ClN6O/c11-5-1-3-6(4-2-5)17-8-7(15-16-17)9(18)14-10(12)13-8/h1-4,15-16H,(H3,12,13,14,18). The molecular formula is C10H9ClN6O. The van der Waals surface area contributed by atoms with Crippen LogP contribution in [0.2, 0.25) is 5.02 Å². The number of benzene rings is 1. The second kappa shape index (κ2) is 3.90. The fourth-order valence-electron chi connectivity index (χ4n) is 1.69. The Morgan fingerprint density at radius 1 is 1.28 bits per heavy atom. The van der Waals surface area contributed by atoms with Gasteiger partial charge in [-0.2, -0.15) is 4.98 Å². The number of nitrogen functional groups attached to an aromatic ring is 1. The highest BCUT2D eigenvalue weighted by molar-refractivity contribution is 6.30. The van der Waals surface area contributed by atoms with Crippen LogP contribution in [0.4, 0.5) is 23.1 Å². The van der Waals surface area contributed by atoms with Gasteiger partial charge in [-0.15, -0.1) is 5.53 Å². The Hall–Kier alpha value is -2.25. The third kappa shape index (κ3) is 1.66. The fraction of sp³-hybridized carbons (Fsp3) is 0. The number of aromatic amines is 1. The highest BCUT2D eigenvalue weighted by atomic mass is 35.5. The molecule has 0 aliphatic carbocycles. The first-order chi connectivity index (χ1) is 8.65. The Morgan fingerprint density at radius 2 is 2.00 bits per heavy atom. The molecule has 18 heavy (non-hydrogen) atoms. The summed E-state index contributed by atoms with van der Waals surface area (Å²) in [6, 6.07) is 7.08. The number of hydrazine groups is 2.